The van der Waals surface area contributed by atoms with Crippen molar-refractivity contribution >= 4 is 0 Å². The number of ether oxygens (including phenoxy) is 2. The predicted octanol–water partition coefficient (Wildman–Crippen LogP) is 2.35. The van der Waals surface area contributed by atoms with Gasteiger partial charge in [-0.05, 0) is 53.5 Å². The molecule has 0 aromatic heterocycles. The third-order valence-corrected chi connectivity index (χ3v) is 2.90. The number of hydrogen-bond donors (Lipinski definition) is 1. The van der Waals surface area contributed by atoms with Crippen molar-refractivity contribution in [1.29, 1.82) is 0 Å². The molecule has 1 aliphatic heterocycles. The van der Waals surface area contributed by atoms with Gasteiger partial charge in [-0.2, -0.15) is 0 Å². The van der Waals surface area contributed by atoms with E-state index in [9.17, 15) is 0 Å². The summed E-state index contributed by atoms with van der Waals surface area (Å²) < 4.78 is 11.2. The van der Waals surface area contributed by atoms with Crippen molar-refractivity contribution in [3.8, 4) is 0 Å². The third-order valence-electron chi connectivity index (χ3n) is 2.90. The van der Waals surface area contributed by atoms with E-state index in [4.69, 9.17) is 9.47 Å². The topological polar surface area (TPSA) is 30.5 Å². The summed E-state index contributed by atoms with van der Waals surface area (Å²) in [4.78, 5) is 0. The zero-order chi connectivity index (χ0) is 12.0. The second-order valence-corrected chi connectivity index (χ2v) is 5.15. The fraction of sp³-hybridized carbons (Fsp3) is 1.00. The summed E-state index contributed by atoms with van der Waals surface area (Å²) in [5, 5.41) is 3.60. The van der Waals surface area contributed by atoms with Gasteiger partial charge in [-0.3, -0.25) is 0 Å². The lowest BCUT2D eigenvalue weighted by Gasteiger charge is -2.32. The van der Waals surface area contributed by atoms with Crippen LogP contribution in [0, 0.1) is 0 Å². The molecule has 96 valence electrons. The summed E-state index contributed by atoms with van der Waals surface area (Å²) in [6.45, 7) is 10.4. The fourth-order valence-electron chi connectivity index (χ4n) is 2.27. The molecule has 1 heterocycles. The van der Waals surface area contributed by atoms with Crippen molar-refractivity contribution in [2.75, 3.05) is 13.2 Å². The zero-order valence-electron chi connectivity index (χ0n) is 11.2. The molecule has 1 saturated heterocycles. The summed E-state index contributed by atoms with van der Waals surface area (Å²) >= 11 is 0. The molecule has 0 bridgehead atoms. The van der Waals surface area contributed by atoms with Crippen molar-refractivity contribution in [2.24, 2.45) is 0 Å². The average Bonchev–Trinajstić information content (AvgIpc) is 2.15. The van der Waals surface area contributed by atoms with Crippen LogP contribution < -0.4 is 5.32 Å². The van der Waals surface area contributed by atoms with Gasteiger partial charge >= 0.3 is 0 Å². The Labute approximate surface area is 99.9 Å². The monoisotopic (exact) mass is 229 g/mol. The van der Waals surface area contributed by atoms with Crippen molar-refractivity contribution in [1.82, 2.24) is 5.32 Å². The maximum Gasteiger partial charge on any atom is 0.0565 e. The molecule has 2 unspecified atom stereocenters. The van der Waals surface area contributed by atoms with E-state index in [1.807, 2.05) is 0 Å². The van der Waals surface area contributed by atoms with E-state index in [2.05, 4.69) is 33.0 Å². The van der Waals surface area contributed by atoms with Gasteiger partial charge in [0, 0.05) is 12.6 Å². The van der Waals surface area contributed by atoms with Gasteiger partial charge < -0.3 is 14.8 Å². The maximum absolute atomic E-state index is 5.71. The maximum atomic E-state index is 5.71. The highest BCUT2D eigenvalue weighted by Gasteiger charge is 2.23. The minimum absolute atomic E-state index is 0.350. The Morgan fingerprint density at radius 1 is 1.25 bits per heavy atom. The molecule has 0 spiro atoms. The van der Waals surface area contributed by atoms with Gasteiger partial charge in [-0.25, -0.2) is 0 Å². The lowest BCUT2D eigenvalue weighted by molar-refractivity contribution is -0.0422. The van der Waals surface area contributed by atoms with E-state index in [-0.39, 0.29) is 0 Å². The number of rotatable bonds is 6. The Morgan fingerprint density at radius 2 is 1.88 bits per heavy atom. The minimum atomic E-state index is 0.350. The van der Waals surface area contributed by atoms with Crippen LogP contribution in [-0.4, -0.2) is 37.5 Å². The Kier molecular flexibility index (Phi) is 6.32. The molecule has 3 heteroatoms. The van der Waals surface area contributed by atoms with Crippen molar-refractivity contribution in [3.63, 3.8) is 0 Å². The van der Waals surface area contributed by atoms with Gasteiger partial charge in [0.25, 0.3) is 0 Å². The van der Waals surface area contributed by atoms with Crippen LogP contribution in [-0.2, 0) is 9.47 Å². The summed E-state index contributed by atoms with van der Waals surface area (Å²) in [6, 6.07) is 0.623. The first-order valence-electron chi connectivity index (χ1n) is 6.58. The lowest BCUT2D eigenvalue weighted by atomic mass is 10.00. The second kappa shape index (κ2) is 7.25. The van der Waals surface area contributed by atoms with Crippen LogP contribution in [0.3, 0.4) is 0 Å². The highest BCUT2D eigenvalue weighted by Crippen LogP contribution is 2.18. The van der Waals surface area contributed by atoms with Crippen molar-refractivity contribution < 1.29 is 9.47 Å². The lowest BCUT2D eigenvalue weighted by Crippen LogP contribution is -2.41. The molecule has 0 aliphatic carbocycles. The SMILES string of the molecule is CC(C)OCCCNC1CC(C)OC(C)C1. The van der Waals surface area contributed by atoms with E-state index in [0.717, 1.165) is 32.4 Å². The van der Waals surface area contributed by atoms with E-state index >= 15 is 0 Å². The Bertz CT molecular complexity index is 175. The number of nitrogens with one attached hydrogen (secondary N) is 1. The van der Waals surface area contributed by atoms with Crippen molar-refractivity contribution in [3.05, 3.63) is 0 Å². The minimum Gasteiger partial charge on any atom is -0.379 e. The van der Waals surface area contributed by atoms with Crippen LogP contribution in [0.15, 0.2) is 0 Å². The summed E-state index contributed by atoms with van der Waals surface area (Å²) in [5.41, 5.74) is 0. The highest BCUT2D eigenvalue weighted by molar-refractivity contribution is 4.78. The van der Waals surface area contributed by atoms with Crippen LogP contribution >= 0.6 is 0 Å². The molecule has 1 rings (SSSR count). The van der Waals surface area contributed by atoms with Gasteiger partial charge in [0.05, 0.1) is 18.3 Å². The summed E-state index contributed by atoms with van der Waals surface area (Å²) in [6.07, 6.45) is 4.51. The molecule has 1 N–H and O–H groups in total. The summed E-state index contributed by atoms with van der Waals surface area (Å²) in [7, 11) is 0. The molecule has 16 heavy (non-hydrogen) atoms. The molecule has 1 aliphatic rings. The molecule has 0 radical (unpaired) electrons. The quantitative estimate of drug-likeness (QED) is 0.709. The number of hydrogen-bond acceptors (Lipinski definition) is 3. The van der Waals surface area contributed by atoms with E-state index in [0.29, 0.717) is 24.4 Å². The average molecular weight is 229 g/mol. The fourth-order valence-corrected chi connectivity index (χ4v) is 2.27. The molecule has 0 aromatic rings. The Balaban J connectivity index is 2.04. The standard InChI is InChI=1S/C13H27NO2/c1-10(2)15-7-5-6-14-13-8-11(3)16-12(4)9-13/h10-14H,5-9H2,1-4H3. The van der Waals surface area contributed by atoms with Gasteiger partial charge in [-0.15, -0.1) is 0 Å². The van der Waals surface area contributed by atoms with Crippen LogP contribution in [0.5, 0.6) is 0 Å². The molecule has 0 aromatic carbocycles. The van der Waals surface area contributed by atoms with E-state index < -0.39 is 0 Å². The first-order valence-corrected chi connectivity index (χ1v) is 6.58. The third kappa shape index (κ3) is 5.83. The predicted molar refractivity (Wildman–Crippen MR) is 66.7 cm³/mol. The van der Waals surface area contributed by atoms with Gasteiger partial charge in [0.2, 0.25) is 0 Å². The molecular weight excluding hydrogens is 202 g/mol. The largest absolute Gasteiger partial charge is 0.379 e. The van der Waals surface area contributed by atoms with Crippen molar-refractivity contribution in [2.45, 2.75) is 71.3 Å². The van der Waals surface area contributed by atoms with E-state index in [1.54, 1.807) is 0 Å². The first-order chi connectivity index (χ1) is 7.58. The molecule has 2 atom stereocenters. The molecule has 0 amide bonds. The molecular formula is C13H27NO2. The smallest absolute Gasteiger partial charge is 0.0565 e. The zero-order valence-corrected chi connectivity index (χ0v) is 11.2. The summed E-state index contributed by atoms with van der Waals surface area (Å²) in [5.74, 6) is 0. The van der Waals surface area contributed by atoms with Crippen LogP contribution in [0.2, 0.25) is 0 Å². The first kappa shape index (κ1) is 13.9. The molecule has 0 saturated carbocycles. The molecule has 3 nitrogen and oxygen atoms in total. The van der Waals surface area contributed by atoms with Crippen LogP contribution in [0.25, 0.3) is 0 Å². The Morgan fingerprint density at radius 3 is 2.44 bits per heavy atom. The normalized spacial score (nSPS) is 30.9. The highest BCUT2D eigenvalue weighted by atomic mass is 16.5. The van der Waals surface area contributed by atoms with Gasteiger partial charge in [0.1, 0.15) is 0 Å². The molecule has 1 fully saturated rings. The van der Waals surface area contributed by atoms with Gasteiger partial charge in [0.15, 0.2) is 0 Å². The second-order valence-electron chi connectivity index (χ2n) is 5.15. The Hall–Kier alpha value is -0.120. The van der Waals surface area contributed by atoms with Gasteiger partial charge in [-0.1, -0.05) is 0 Å². The van der Waals surface area contributed by atoms with Crippen LogP contribution in [0.1, 0.15) is 47.0 Å². The van der Waals surface area contributed by atoms with Crippen LogP contribution in [0.4, 0.5) is 0 Å². The van der Waals surface area contributed by atoms with E-state index in [1.165, 1.54) is 0 Å².